The van der Waals surface area contributed by atoms with Gasteiger partial charge in [-0.15, -0.1) is 0 Å². The fourth-order valence-corrected chi connectivity index (χ4v) is 3.30. The third kappa shape index (κ3) is 4.59. The largest absolute Gasteiger partial charge is 0.469 e. The predicted octanol–water partition coefficient (Wildman–Crippen LogP) is 4.21. The maximum Gasteiger partial charge on any atom is 0.244 e. The van der Waals surface area contributed by atoms with E-state index in [1.54, 1.807) is 12.3 Å². The maximum atomic E-state index is 12.2. The van der Waals surface area contributed by atoms with Gasteiger partial charge < -0.3 is 9.73 Å². The van der Waals surface area contributed by atoms with Crippen LogP contribution in [0, 0.1) is 5.92 Å². The Morgan fingerprint density at radius 3 is 2.74 bits per heavy atom. The molecule has 1 aromatic carbocycles. The molecule has 3 heteroatoms. The molecule has 1 heterocycles. The van der Waals surface area contributed by atoms with Crippen LogP contribution >= 0.6 is 0 Å². The van der Waals surface area contributed by atoms with E-state index in [9.17, 15) is 4.79 Å². The molecule has 0 unspecified atom stereocenters. The van der Waals surface area contributed by atoms with Crippen molar-refractivity contribution in [3.05, 3.63) is 66.1 Å². The zero-order valence-corrected chi connectivity index (χ0v) is 13.3. The lowest BCUT2D eigenvalue weighted by molar-refractivity contribution is -0.117. The molecule has 0 radical (unpaired) electrons. The lowest BCUT2D eigenvalue weighted by atomic mass is 9.82. The van der Waals surface area contributed by atoms with Gasteiger partial charge in [-0.2, -0.15) is 0 Å². The molecule has 0 spiro atoms. The number of amides is 1. The topological polar surface area (TPSA) is 42.2 Å². The van der Waals surface area contributed by atoms with Crippen molar-refractivity contribution < 1.29 is 9.21 Å². The summed E-state index contributed by atoms with van der Waals surface area (Å²) in [5.41, 5.74) is 1.04. The SMILES string of the molecule is O=C(/C=C/c1ccccc1)N[C@@H]1CCCC[C@H]1Cc1ccco1. The predicted molar refractivity (Wildman–Crippen MR) is 91.8 cm³/mol. The van der Waals surface area contributed by atoms with E-state index in [2.05, 4.69) is 5.32 Å². The monoisotopic (exact) mass is 309 g/mol. The minimum absolute atomic E-state index is 0.00908. The Morgan fingerprint density at radius 1 is 1.13 bits per heavy atom. The van der Waals surface area contributed by atoms with Gasteiger partial charge in [0.1, 0.15) is 5.76 Å². The molecule has 1 amide bonds. The van der Waals surface area contributed by atoms with E-state index in [4.69, 9.17) is 4.42 Å². The quantitative estimate of drug-likeness (QED) is 0.841. The molecule has 1 aromatic heterocycles. The summed E-state index contributed by atoms with van der Waals surface area (Å²) in [5.74, 6) is 1.46. The molecule has 3 nitrogen and oxygen atoms in total. The summed E-state index contributed by atoms with van der Waals surface area (Å²) < 4.78 is 5.47. The average Bonchev–Trinajstić information content (AvgIpc) is 3.09. The highest BCUT2D eigenvalue weighted by molar-refractivity contribution is 5.91. The molecule has 0 aliphatic heterocycles. The number of rotatable bonds is 5. The Morgan fingerprint density at radius 2 is 1.96 bits per heavy atom. The number of nitrogens with one attached hydrogen (secondary N) is 1. The standard InChI is InChI=1S/C20H23NO2/c22-20(13-12-16-7-2-1-3-8-16)21-19-11-5-4-9-17(19)15-18-10-6-14-23-18/h1-3,6-8,10,12-14,17,19H,4-5,9,11,15H2,(H,21,22)/b13-12+/t17-,19+/m0/s1. The third-order valence-electron chi connectivity index (χ3n) is 4.51. The Kier molecular flexibility index (Phi) is 5.30. The molecule has 0 bridgehead atoms. The van der Waals surface area contributed by atoms with Gasteiger partial charge >= 0.3 is 0 Å². The molecular formula is C20H23NO2. The van der Waals surface area contributed by atoms with E-state index in [1.807, 2.05) is 48.5 Å². The van der Waals surface area contributed by atoms with Crippen molar-refractivity contribution in [3.8, 4) is 0 Å². The van der Waals surface area contributed by atoms with Crippen LogP contribution in [0.1, 0.15) is 37.0 Å². The molecule has 1 saturated carbocycles. The van der Waals surface area contributed by atoms with E-state index in [0.717, 1.165) is 30.6 Å². The zero-order valence-electron chi connectivity index (χ0n) is 13.3. The molecular weight excluding hydrogens is 286 g/mol. The van der Waals surface area contributed by atoms with Gasteiger partial charge in [-0.3, -0.25) is 4.79 Å². The fourth-order valence-electron chi connectivity index (χ4n) is 3.30. The average molecular weight is 309 g/mol. The van der Waals surface area contributed by atoms with Crippen LogP contribution in [-0.4, -0.2) is 11.9 Å². The van der Waals surface area contributed by atoms with Gasteiger partial charge in [0.2, 0.25) is 5.91 Å². The lowest BCUT2D eigenvalue weighted by Gasteiger charge is -2.31. The Balaban J connectivity index is 1.58. The van der Waals surface area contributed by atoms with Crippen LogP contribution in [0.25, 0.3) is 6.08 Å². The highest BCUT2D eigenvalue weighted by Crippen LogP contribution is 2.27. The summed E-state index contributed by atoms with van der Waals surface area (Å²) in [5, 5.41) is 3.18. The summed E-state index contributed by atoms with van der Waals surface area (Å²) in [6, 6.07) is 14.1. The van der Waals surface area contributed by atoms with Crippen LogP contribution < -0.4 is 5.32 Å². The minimum Gasteiger partial charge on any atom is -0.469 e. The lowest BCUT2D eigenvalue weighted by Crippen LogP contribution is -2.42. The van der Waals surface area contributed by atoms with Crippen molar-refractivity contribution >= 4 is 12.0 Å². The maximum absolute atomic E-state index is 12.2. The molecule has 1 aliphatic rings. The Hall–Kier alpha value is -2.29. The van der Waals surface area contributed by atoms with Gasteiger partial charge in [0.25, 0.3) is 0 Å². The number of benzene rings is 1. The van der Waals surface area contributed by atoms with Crippen LogP contribution in [0.2, 0.25) is 0 Å². The van der Waals surface area contributed by atoms with E-state index in [1.165, 1.54) is 12.8 Å². The Bertz CT molecular complexity index is 631. The van der Waals surface area contributed by atoms with Gasteiger partial charge in [0, 0.05) is 18.5 Å². The Labute approximate surface area is 137 Å². The van der Waals surface area contributed by atoms with Gasteiger partial charge in [-0.25, -0.2) is 0 Å². The molecule has 2 aromatic rings. The number of hydrogen-bond donors (Lipinski definition) is 1. The summed E-state index contributed by atoms with van der Waals surface area (Å²) in [7, 11) is 0. The summed E-state index contributed by atoms with van der Waals surface area (Å²) >= 11 is 0. The van der Waals surface area contributed by atoms with E-state index >= 15 is 0 Å². The number of carbonyl (C=O) groups is 1. The first-order valence-electron chi connectivity index (χ1n) is 8.37. The van der Waals surface area contributed by atoms with E-state index in [-0.39, 0.29) is 11.9 Å². The van der Waals surface area contributed by atoms with Gasteiger partial charge in [0.15, 0.2) is 0 Å². The van der Waals surface area contributed by atoms with Crippen molar-refractivity contribution in [1.82, 2.24) is 5.32 Å². The smallest absolute Gasteiger partial charge is 0.244 e. The van der Waals surface area contributed by atoms with Crippen LogP contribution in [0.4, 0.5) is 0 Å². The van der Waals surface area contributed by atoms with Crippen molar-refractivity contribution in [2.24, 2.45) is 5.92 Å². The summed E-state index contributed by atoms with van der Waals surface area (Å²) in [4.78, 5) is 12.2. The van der Waals surface area contributed by atoms with Crippen LogP contribution in [0.3, 0.4) is 0 Å². The highest BCUT2D eigenvalue weighted by Gasteiger charge is 2.26. The van der Waals surface area contributed by atoms with Crippen LogP contribution in [-0.2, 0) is 11.2 Å². The van der Waals surface area contributed by atoms with Crippen LogP contribution in [0.5, 0.6) is 0 Å². The molecule has 1 aliphatic carbocycles. The van der Waals surface area contributed by atoms with Gasteiger partial charge in [-0.05, 0) is 42.5 Å². The van der Waals surface area contributed by atoms with Crippen LogP contribution in [0.15, 0.2) is 59.2 Å². The molecule has 1 fully saturated rings. The second kappa shape index (κ2) is 7.82. The number of hydrogen-bond acceptors (Lipinski definition) is 2. The fraction of sp³-hybridized carbons (Fsp3) is 0.350. The van der Waals surface area contributed by atoms with E-state index in [0.29, 0.717) is 5.92 Å². The number of carbonyl (C=O) groups excluding carboxylic acids is 1. The highest BCUT2D eigenvalue weighted by atomic mass is 16.3. The van der Waals surface area contributed by atoms with Crippen molar-refractivity contribution in [2.45, 2.75) is 38.1 Å². The first kappa shape index (κ1) is 15.6. The molecule has 3 rings (SSSR count). The van der Waals surface area contributed by atoms with Gasteiger partial charge in [-0.1, -0.05) is 43.2 Å². The molecule has 23 heavy (non-hydrogen) atoms. The first-order valence-corrected chi connectivity index (χ1v) is 8.37. The molecule has 120 valence electrons. The number of furan rings is 1. The summed E-state index contributed by atoms with van der Waals surface area (Å²) in [6.07, 6.45) is 10.7. The third-order valence-corrected chi connectivity index (χ3v) is 4.51. The van der Waals surface area contributed by atoms with Crippen molar-refractivity contribution in [1.29, 1.82) is 0 Å². The summed E-state index contributed by atoms with van der Waals surface area (Å²) in [6.45, 7) is 0. The first-order chi connectivity index (χ1) is 11.3. The zero-order chi connectivity index (χ0) is 15.9. The normalized spacial score (nSPS) is 21.4. The molecule has 0 saturated heterocycles. The van der Waals surface area contributed by atoms with Gasteiger partial charge in [0.05, 0.1) is 6.26 Å². The molecule has 2 atom stereocenters. The minimum atomic E-state index is -0.00908. The molecule has 1 N–H and O–H groups in total. The van der Waals surface area contributed by atoms with E-state index < -0.39 is 0 Å². The van der Waals surface area contributed by atoms with Crippen molar-refractivity contribution in [2.75, 3.05) is 0 Å². The second-order valence-electron chi connectivity index (χ2n) is 6.19. The second-order valence-corrected chi connectivity index (χ2v) is 6.19. The van der Waals surface area contributed by atoms with Crippen molar-refractivity contribution in [3.63, 3.8) is 0 Å².